The summed E-state index contributed by atoms with van der Waals surface area (Å²) < 4.78 is 10.3. The van der Waals surface area contributed by atoms with Gasteiger partial charge in [-0.05, 0) is 18.1 Å². The molecular weight excluding hydrogens is 330 g/mol. The van der Waals surface area contributed by atoms with Gasteiger partial charge < -0.3 is 14.6 Å². The molecule has 1 aromatic heterocycles. The van der Waals surface area contributed by atoms with Crippen molar-refractivity contribution in [1.29, 1.82) is 0 Å². The van der Waals surface area contributed by atoms with Gasteiger partial charge in [-0.25, -0.2) is 0 Å². The molecule has 0 radical (unpaired) electrons. The lowest BCUT2D eigenvalue weighted by atomic mass is 9.88. The Morgan fingerprint density at radius 3 is 2.79 bits per heavy atom. The minimum atomic E-state index is -0.628. The second kappa shape index (κ2) is 7.32. The highest BCUT2D eigenvalue weighted by atomic mass is 35.5. The van der Waals surface area contributed by atoms with Crippen LogP contribution in [0, 0.1) is 5.92 Å². The summed E-state index contributed by atoms with van der Waals surface area (Å²) in [4.78, 5) is 16.9. The zero-order valence-corrected chi connectivity index (χ0v) is 14.3. The van der Waals surface area contributed by atoms with Gasteiger partial charge in [0, 0.05) is 37.0 Å². The highest BCUT2D eigenvalue weighted by Crippen LogP contribution is 2.30. The molecule has 1 saturated heterocycles. The Morgan fingerprint density at radius 2 is 2.12 bits per heavy atom. The van der Waals surface area contributed by atoms with Crippen molar-refractivity contribution in [2.75, 3.05) is 13.2 Å². The number of carbonyl (C=O) groups excluding carboxylic acids is 1. The van der Waals surface area contributed by atoms with Crippen molar-refractivity contribution in [3.63, 3.8) is 0 Å². The molecule has 2 heterocycles. The van der Waals surface area contributed by atoms with E-state index in [1.807, 2.05) is 31.2 Å². The van der Waals surface area contributed by atoms with E-state index < -0.39 is 5.54 Å². The molecule has 0 aliphatic carbocycles. The summed E-state index contributed by atoms with van der Waals surface area (Å²) in [6.07, 6.45) is 3.10. The van der Waals surface area contributed by atoms with Gasteiger partial charge in [0.05, 0.1) is 0 Å². The fourth-order valence-electron chi connectivity index (χ4n) is 2.95. The summed E-state index contributed by atoms with van der Waals surface area (Å²) in [7, 11) is 0. The summed E-state index contributed by atoms with van der Waals surface area (Å²) >= 11 is 6.19. The van der Waals surface area contributed by atoms with Crippen molar-refractivity contribution >= 4 is 17.5 Å². The summed E-state index contributed by atoms with van der Waals surface area (Å²) in [5.74, 6) is 0.224. The van der Waals surface area contributed by atoms with Gasteiger partial charge in [-0.3, -0.25) is 4.79 Å². The zero-order chi connectivity index (χ0) is 17.0. The van der Waals surface area contributed by atoms with Gasteiger partial charge in [-0.2, -0.15) is 4.98 Å². The van der Waals surface area contributed by atoms with Crippen molar-refractivity contribution in [1.82, 2.24) is 15.5 Å². The Balaban J connectivity index is 1.73. The highest BCUT2D eigenvalue weighted by Gasteiger charge is 2.40. The molecule has 1 aromatic carbocycles. The first-order valence-electron chi connectivity index (χ1n) is 8.01. The van der Waals surface area contributed by atoms with Crippen LogP contribution in [0.3, 0.4) is 0 Å². The van der Waals surface area contributed by atoms with Crippen molar-refractivity contribution in [3.8, 4) is 0 Å². The number of nitrogens with one attached hydrogen (secondary N) is 1. The monoisotopic (exact) mass is 349 g/mol. The number of nitrogens with zero attached hydrogens (tertiary/aromatic N) is 2. The summed E-state index contributed by atoms with van der Waals surface area (Å²) in [5.41, 5.74) is 0.333. The molecule has 1 N–H and O–H groups in total. The molecule has 6 nitrogen and oxygen atoms in total. The van der Waals surface area contributed by atoms with Gasteiger partial charge in [0.2, 0.25) is 12.3 Å². The number of rotatable bonds is 5. The lowest BCUT2D eigenvalue weighted by Crippen LogP contribution is -2.51. The molecule has 1 atom stereocenters. The highest BCUT2D eigenvalue weighted by molar-refractivity contribution is 6.31. The average molecular weight is 350 g/mol. The Labute approximate surface area is 145 Å². The molecule has 1 amide bonds. The van der Waals surface area contributed by atoms with Crippen molar-refractivity contribution < 1.29 is 14.1 Å². The van der Waals surface area contributed by atoms with Gasteiger partial charge >= 0.3 is 0 Å². The SMILES string of the molecule is C[C@@H](Cc1ccccc1Cl)C(=O)NC1(c2ncon2)CCOCC1. The molecule has 24 heavy (non-hydrogen) atoms. The fraction of sp³-hybridized carbons (Fsp3) is 0.471. The van der Waals surface area contributed by atoms with Crippen LogP contribution in [-0.4, -0.2) is 29.3 Å². The maximum absolute atomic E-state index is 12.7. The fourth-order valence-corrected chi connectivity index (χ4v) is 3.16. The first kappa shape index (κ1) is 16.9. The van der Waals surface area contributed by atoms with E-state index >= 15 is 0 Å². The molecule has 1 aliphatic rings. The number of ether oxygens (including phenoxy) is 1. The predicted molar refractivity (Wildman–Crippen MR) is 88.5 cm³/mol. The first-order chi connectivity index (χ1) is 11.6. The minimum Gasteiger partial charge on any atom is -0.381 e. The molecule has 2 aromatic rings. The summed E-state index contributed by atoms with van der Waals surface area (Å²) in [5, 5.41) is 7.75. The zero-order valence-electron chi connectivity index (χ0n) is 13.5. The smallest absolute Gasteiger partial charge is 0.223 e. The van der Waals surface area contributed by atoms with E-state index in [9.17, 15) is 4.79 Å². The van der Waals surface area contributed by atoms with Crippen molar-refractivity contribution in [3.05, 3.63) is 47.1 Å². The van der Waals surface area contributed by atoms with Crippen LogP contribution in [0.15, 0.2) is 35.2 Å². The molecule has 0 spiro atoms. The van der Waals surface area contributed by atoms with E-state index in [-0.39, 0.29) is 11.8 Å². The minimum absolute atomic E-state index is 0.0541. The van der Waals surface area contributed by atoms with Crippen LogP contribution >= 0.6 is 11.6 Å². The molecule has 0 bridgehead atoms. The van der Waals surface area contributed by atoms with Crippen LogP contribution in [0.1, 0.15) is 31.2 Å². The molecule has 1 aliphatic heterocycles. The lowest BCUT2D eigenvalue weighted by Gasteiger charge is -2.36. The largest absolute Gasteiger partial charge is 0.381 e. The van der Waals surface area contributed by atoms with Crippen LogP contribution in [-0.2, 0) is 21.5 Å². The second-order valence-electron chi connectivity index (χ2n) is 6.14. The molecule has 128 valence electrons. The van der Waals surface area contributed by atoms with Gasteiger partial charge in [0.15, 0.2) is 5.82 Å². The molecule has 7 heteroatoms. The average Bonchev–Trinajstić information content (AvgIpc) is 3.13. The molecule has 3 rings (SSSR count). The Morgan fingerprint density at radius 1 is 1.38 bits per heavy atom. The maximum atomic E-state index is 12.7. The third kappa shape index (κ3) is 3.60. The second-order valence-corrected chi connectivity index (χ2v) is 6.54. The summed E-state index contributed by atoms with van der Waals surface area (Å²) in [6.45, 7) is 2.99. The van der Waals surface area contributed by atoms with E-state index in [2.05, 4.69) is 15.5 Å². The van der Waals surface area contributed by atoms with Crippen LogP contribution in [0.2, 0.25) is 5.02 Å². The first-order valence-corrected chi connectivity index (χ1v) is 8.38. The van der Waals surface area contributed by atoms with Gasteiger partial charge in [0.25, 0.3) is 0 Å². The Kier molecular flexibility index (Phi) is 5.16. The van der Waals surface area contributed by atoms with Crippen molar-refractivity contribution in [2.45, 2.75) is 31.7 Å². The summed E-state index contributed by atoms with van der Waals surface area (Å²) in [6, 6.07) is 7.57. The number of benzene rings is 1. The van der Waals surface area contributed by atoms with E-state index in [1.54, 1.807) is 0 Å². The standard InChI is InChI=1S/C17H20ClN3O3/c1-12(10-13-4-2-3-5-14(13)18)15(22)20-17(6-8-23-9-7-17)16-19-11-24-21-16/h2-5,11-12H,6-10H2,1H3,(H,20,22)/t12-/m0/s1. The predicted octanol–water partition coefficient (Wildman–Crippen LogP) is 2.72. The van der Waals surface area contributed by atoms with Gasteiger partial charge in [-0.1, -0.05) is 41.9 Å². The molecular formula is C17H20ClN3O3. The van der Waals surface area contributed by atoms with Crippen molar-refractivity contribution in [2.24, 2.45) is 5.92 Å². The van der Waals surface area contributed by atoms with Crippen LogP contribution < -0.4 is 5.32 Å². The topological polar surface area (TPSA) is 77.3 Å². The number of carbonyl (C=O) groups is 1. The molecule has 0 unspecified atom stereocenters. The number of hydrogen-bond donors (Lipinski definition) is 1. The van der Waals surface area contributed by atoms with Gasteiger partial charge in [0.1, 0.15) is 5.54 Å². The Bertz CT molecular complexity index is 684. The van der Waals surface area contributed by atoms with Crippen LogP contribution in [0.4, 0.5) is 0 Å². The third-order valence-corrected chi connectivity index (χ3v) is 4.80. The lowest BCUT2D eigenvalue weighted by molar-refractivity contribution is -0.128. The van der Waals surface area contributed by atoms with E-state index in [4.69, 9.17) is 20.9 Å². The molecule has 0 saturated carbocycles. The van der Waals surface area contributed by atoms with E-state index in [0.717, 1.165) is 5.56 Å². The number of halogens is 1. The maximum Gasteiger partial charge on any atom is 0.223 e. The number of aromatic nitrogens is 2. The van der Waals surface area contributed by atoms with E-state index in [0.29, 0.717) is 43.3 Å². The molecule has 1 fully saturated rings. The van der Waals surface area contributed by atoms with E-state index in [1.165, 1.54) is 6.39 Å². The quantitative estimate of drug-likeness (QED) is 0.898. The van der Waals surface area contributed by atoms with Gasteiger partial charge in [-0.15, -0.1) is 0 Å². The van der Waals surface area contributed by atoms with Crippen LogP contribution in [0.25, 0.3) is 0 Å². The van der Waals surface area contributed by atoms with Crippen LogP contribution in [0.5, 0.6) is 0 Å². The number of hydrogen-bond acceptors (Lipinski definition) is 5. The number of amides is 1. The Hall–Kier alpha value is -1.92. The third-order valence-electron chi connectivity index (χ3n) is 4.43. The normalized spacial score (nSPS) is 18.1.